The molecule has 18 heavy (non-hydrogen) atoms. The first-order chi connectivity index (χ1) is 8.47. The Kier molecular flexibility index (Phi) is 4.87. The van der Waals surface area contributed by atoms with Crippen LogP contribution in [-0.2, 0) is 0 Å². The molecule has 0 fully saturated rings. The van der Waals surface area contributed by atoms with Crippen LogP contribution in [0.25, 0.3) is 0 Å². The number of hydrogen-bond donors (Lipinski definition) is 3. The minimum absolute atomic E-state index is 0.0595. The summed E-state index contributed by atoms with van der Waals surface area (Å²) in [5.74, 6) is -1.35. The minimum atomic E-state index is -1.29. The number of nitro benzene ring substituents is 1. The van der Waals surface area contributed by atoms with Gasteiger partial charge in [0.05, 0.1) is 22.5 Å². The van der Waals surface area contributed by atoms with Crippen molar-refractivity contribution in [1.82, 2.24) is 0 Å². The number of hydrogen-bond acceptors (Lipinski definition) is 5. The van der Waals surface area contributed by atoms with Gasteiger partial charge in [-0.15, -0.1) is 11.6 Å². The lowest BCUT2D eigenvalue weighted by atomic mass is 10.1. The second-order valence-corrected chi connectivity index (χ2v) is 3.76. The van der Waals surface area contributed by atoms with E-state index in [-0.39, 0.29) is 29.4 Å². The predicted molar refractivity (Wildman–Crippen MR) is 65.3 cm³/mol. The fourth-order valence-corrected chi connectivity index (χ4v) is 1.44. The summed E-state index contributed by atoms with van der Waals surface area (Å²) in [4.78, 5) is 21.1. The van der Waals surface area contributed by atoms with Crippen LogP contribution in [0.1, 0.15) is 10.4 Å². The van der Waals surface area contributed by atoms with Gasteiger partial charge in [0, 0.05) is 12.6 Å². The van der Waals surface area contributed by atoms with E-state index >= 15 is 0 Å². The number of carboxylic acids is 1. The predicted octanol–water partition coefficient (Wildman–Crippen LogP) is 1.30. The van der Waals surface area contributed by atoms with Crippen LogP contribution < -0.4 is 5.32 Å². The number of carbonyl (C=O) groups is 1. The third-order valence-corrected chi connectivity index (χ3v) is 2.52. The number of rotatable bonds is 6. The van der Waals surface area contributed by atoms with Crippen LogP contribution in [0.5, 0.6) is 0 Å². The molecule has 0 radical (unpaired) electrons. The number of para-hydroxylation sites is 1. The van der Waals surface area contributed by atoms with Crippen molar-refractivity contribution >= 4 is 28.9 Å². The van der Waals surface area contributed by atoms with E-state index in [4.69, 9.17) is 16.7 Å². The Morgan fingerprint density at radius 2 is 2.22 bits per heavy atom. The van der Waals surface area contributed by atoms with Gasteiger partial charge >= 0.3 is 5.97 Å². The standard InChI is InChI=1S/C10H11ClN2O5/c11-4-6(14)5-12-9-7(10(15)16)2-1-3-8(9)13(17)18/h1-3,6,12,14H,4-5H2,(H,15,16). The Labute approximate surface area is 107 Å². The molecule has 0 saturated heterocycles. The quantitative estimate of drug-likeness (QED) is 0.409. The second-order valence-electron chi connectivity index (χ2n) is 3.45. The van der Waals surface area contributed by atoms with E-state index in [2.05, 4.69) is 5.32 Å². The lowest BCUT2D eigenvalue weighted by Crippen LogP contribution is -2.22. The molecular formula is C10H11ClN2O5. The van der Waals surface area contributed by atoms with Gasteiger partial charge < -0.3 is 15.5 Å². The molecule has 0 saturated carbocycles. The van der Waals surface area contributed by atoms with Crippen LogP contribution in [0.15, 0.2) is 18.2 Å². The minimum Gasteiger partial charge on any atom is -0.478 e. The number of nitrogens with one attached hydrogen (secondary N) is 1. The van der Waals surface area contributed by atoms with E-state index in [1.54, 1.807) is 0 Å². The van der Waals surface area contributed by atoms with Crippen molar-refractivity contribution in [3.05, 3.63) is 33.9 Å². The highest BCUT2D eigenvalue weighted by Gasteiger charge is 2.21. The van der Waals surface area contributed by atoms with Crippen molar-refractivity contribution in [2.24, 2.45) is 0 Å². The molecule has 1 unspecified atom stereocenters. The van der Waals surface area contributed by atoms with Gasteiger partial charge in [0.1, 0.15) is 5.69 Å². The number of halogens is 1. The van der Waals surface area contributed by atoms with Crippen molar-refractivity contribution < 1.29 is 19.9 Å². The Bertz CT molecular complexity index is 433. The molecule has 1 rings (SSSR count). The average Bonchev–Trinajstić information content (AvgIpc) is 2.34. The first kappa shape index (κ1) is 14.2. The summed E-state index contributed by atoms with van der Waals surface area (Å²) in [6.07, 6.45) is -0.923. The van der Waals surface area contributed by atoms with Crippen molar-refractivity contribution in [3.8, 4) is 0 Å². The summed E-state index contributed by atoms with van der Waals surface area (Å²) < 4.78 is 0. The number of anilines is 1. The molecule has 1 atom stereocenters. The summed E-state index contributed by atoms with van der Waals surface area (Å²) in [6.45, 7) is -0.0748. The van der Waals surface area contributed by atoms with Crippen molar-refractivity contribution in [2.45, 2.75) is 6.10 Å². The summed E-state index contributed by atoms with van der Waals surface area (Å²) >= 11 is 5.38. The molecule has 1 aromatic carbocycles. The highest BCUT2D eigenvalue weighted by molar-refractivity contribution is 6.18. The maximum atomic E-state index is 11.0. The van der Waals surface area contributed by atoms with Gasteiger partial charge in [-0.2, -0.15) is 0 Å². The topological polar surface area (TPSA) is 113 Å². The number of alkyl halides is 1. The number of nitro groups is 1. The van der Waals surface area contributed by atoms with Gasteiger partial charge in [0.15, 0.2) is 0 Å². The molecule has 7 nitrogen and oxygen atoms in total. The zero-order valence-electron chi connectivity index (χ0n) is 9.17. The third kappa shape index (κ3) is 3.31. The fourth-order valence-electron chi connectivity index (χ4n) is 1.33. The SMILES string of the molecule is O=C(O)c1cccc([N+](=O)[O-])c1NCC(O)CCl. The highest BCUT2D eigenvalue weighted by atomic mass is 35.5. The Balaban J connectivity index is 3.11. The van der Waals surface area contributed by atoms with Crippen LogP contribution in [0.3, 0.4) is 0 Å². The van der Waals surface area contributed by atoms with Gasteiger partial charge in [-0.1, -0.05) is 6.07 Å². The van der Waals surface area contributed by atoms with E-state index in [9.17, 15) is 20.0 Å². The molecule has 0 aliphatic heterocycles. The zero-order chi connectivity index (χ0) is 13.7. The van der Waals surface area contributed by atoms with Gasteiger partial charge in [0.25, 0.3) is 5.69 Å². The first-order valence-electron chi connectivity index (χ1n) is 4.96. The molecule has 0 aromatic heterocycles. The molecule has 1 aromatic rings. The molecule has 98 valence electrons. The number of aromatic carboxylic acids is 1. The maximum absolute atomic E-state index is 11.0. The van der Waals surface area contributed by atoms with Gasteiger partial charge in [-0.3, -0.25) is 10.1 Å². The van der Waals surface area contributed by atoms with E-state index in [1.165, 1.54) is 18.2 Å². The summed E-state index contributed by atoms with van der Waals surface area (Å²) in [7, 11) is 0. The molecule has 0 aliphatic rings. The van der Waals surface area contributed by atoms with Crippen LogP contribution in [0.2, 0.25) is 0 Å². The molecule has 0 aliphatic carbocycles. The molecule has 3 N–H and O–H groups in total. The molecule has 0 heterocycles. The highest BCUT2D eigenvalue weighted by Crippen LogP contribution is 2.28. The van der Waals surface area contributed by atoms with Gasteiger partial charge in [0.2, 0.25) is 0 Å². The smallest absolute Gasteiger partial charge is 0.338 e. The Morgan fingerprint density at radius 3 is 2.72 bits per heavy atom. The second kappa shape index (κ2) is 6.18. The van der Waals surface area contributed by atoms with Crippen molar-refractivity contribution in [2.75, 3.05) is 17.7 Å². The molecule has 0 bridgehead atoms. The number of aliphatic hydroxyl groups excluding tert-OH is 1. The summed E-state index contributed by atoms with van der Waals surface area (Å²) in [6, 6.07) is 3.71. The number of nitrogens with zero attached hydrogens (tertiary/aromatic N) is 1. The van der Waals surface area contributed by atoms with E-state index in [1.807, 2.05) is 0 Å². The number of benzene rings is 1. The Morgan fingerprint density at radius 1 is 1.56 bits per heavy atom. The number of aliphatic hydroxyl groups is 1. The Hall–Kier alpha value is -1.86. The monoisotopic (exact) mass is 274 g/mol. The van der Waals surface area contributed by atoms with Crippen LogP contribution in [-0.4, -0.2) is 39.6 Å². The van der Waals surface area contributed by atoms with Crippen LogP contribution in [0, 0.1) is 10.1 Å². The van der Waals surface area contributed by atoms with Crippen LogP contribution >= 0.6 is 11.6 Å². The molecule has 0 amide bonds. The lowest BCUT2D eigenvalue weighted by molar-refractivity contribution is -0.384. The van der Waals surface area contributed by atoms with Crippen LogP contribution in [0.4, 0.5) is 11.4 Å². The van der Waals surface area contributed by atoms with E-state index in [0.29, 0.717) is 0 Å². The van der Waals surface area contributed by atoms with E-state index in [0.717, 1.165) is 0 Å². The summed E-state index contributed by atoms with van der Waals surface area (Å²) in [5.41, 5.74) is -0.734. The average molecular weight is 275 g/mol. The zero-order valence-corrected chi connectivity index (χ0v) is 9.92. The van der Waals surface area contributed by atoms with Gasteiger partial charge in [-0.05, 0) is 6.07 Å². The molecular weight excluding hydrogens is 264 g/mol. The molecule has 0 spiro atoms. The normalized spacial score (nSPS) is 11.9. The van der Waals surface area contributed by atoms with Crippen molar-refractivity contribution in [3.63, 3.8) is 0 Å². The van der Waals surface area contributed by atoms with E-state index < -0.39 is 17.0 Å². The maximum Gasteiger partial charge on any atom is 0.338 e. The number of carboxylic acid groups (broad SMARTS) is 1. The third-order valence-electron chi connectivity index (χ3n) is 2.16. The lowest BCUT2D eigenvalue weighted by Gasteiger charge is -2.12. The van der Waals surface area contributed by atoms with Crippen molar-refractivity contribution in [1.29, 1.82) is 0 Å². The first-order valence-corrected chi connectivity index (χ1v) is 5.49. The fraction of sp³-hybridized carbons (Fsp3) is 0.300. The molecule has 8 heteroatoms. The summed E-state index contributed by atoms with van der Waals surface area (Å²) in [5, 5.41) is 31.5. The van der Waals surface area contributed by atoms with Gasteiger partial charge in [-0.25, -0.2) is 4.79 Å². The largest absolute Gasteiger partial charge is 0.478 e.